The van der Waals surface area contributed by atoms with Crippen molar-refractivity contribution in [3.63, 3.8) is 0 Å². The van der Waals surface area contributed by atoms with Crippen LogP contribution in [-0.2, 0) is 4.43 Å². The number of thiazole rings is 1. The van der Waals surface area contributed by atoms with Gasteiger partial charge >= 0.3 is 0 Å². The molecule has 1 N–H and O–H groups in total. The molecule has 1 aliphatic heterocycles. The zero-order valence-electron chi connectivity index (χ0n) is 18.5. The van der Waals surface area contributed by atoms with E-state index in [4.69, 9.17) is 4.43 Å². The van der Waals surface area contributed by atoms with Gasteiger partial charge in [-0.25, -0.2) is 4.98 Å². The Morgan fingerprint density at radius 1 is 1.06 bits per heavy atom. The molecule has 0 spiro atoms. The number of anilines is 1. The van der Waals surface area contributed by atoms with Crippen LogP contribution in [0.4, 0.5) is 5.13 Å². The summed E-state index contributed by atoms with van der Waals surface area (Å²) in [5.41, 5.74) is 0.471. The fourth-order valence-corrected chi connectivity index (χ4v) is 9.74. The molecule has 162 valence electrons. The molecule has 0 aliphatic carbocycles. The number of hydrogen-bond donors (Lipinski definition) is 1. The molecule has 31 heavy (non-hydrogen) atoms. The summed E-state index contributed by atoms with van der Waals surface area (Å²) in [5.74, 6) is -0.150. The summed E-state index contributed by atoms with van der Waals surface area (Å²) in [6, 6.07) is 21.4. The second-order valence-corrected chi connectivity index (χ2v) is 14.0. The van der Waals surface area contributed by atoms with Gasteiger partial charge in [-0.1, -0.05) is 81.4 Å². The molecule has 1 aromatic heterocycles. The maximum absolute atomic E-state index is 11.8. The van der Waals surface area contributed by atoms with Crippen molar-refractivity contribution >= 4 is 41.1 Å². The molecular weight excluding hydrogens is 422 g/mol. The van der Waals surface area contributed by atoms with Crippen LogP contribution in [0.2, 0.25) is 5.04 Å². The lowest BCUT2D eigenvalue weighted by molar-refractivity contribution is 0.0959. The topological polar surface area (TPSA) is 54.5 Å². The lowest BCUT2D eigenvalue weighted by atomic mass is 10.2. The van der Waals surface area contributed by atoms with Crippen LogP contribution in [0.25, 0.3) is 0 Å². The SMILES string of the molecule is CNC(=O)c1csc(N2CC(O[Si](c3ccccc3)(c3ccccc3)C(C)(C)C)C2)n1. The Morgan fingerprint density at radius 2 is 1.61 bits per heavy atom. The summed E-state index contributed by atoms with van der Waals surface area (Å²) in [4.78, 5) is 18.5. The molecule has 2 aromatic carbocycles. The maximum atomic E-state index is 11.8. The van der Waals surface area contributed by atoms with E-state index < -0.39 is 8.32 Å². The minimum Gasteiger partial charge on any atom is -0.401 e. The number of aromatic nitrogens is 1. The lowest BCUT2D eigenvalue weighted by Crippen LogP contribution is -2.70. The van der Waals surface area contributed by atoms with Gasteiger partial charge in [0.2, 0.25) is 0 Å². The standard InChI is InChI=1S/C24H29N3O2SSi/c1-24(2,3)31(19-11-7-5-8-12-19,20-13-9-6-10-14-20)29-18-15-27(16-18)23-26-21(17-30-23)22(28)25-4/h5-14,17-18H,15-16H2,1-4H3,(H,25,28). The highest BCUT2D eigenvalue weighted by Crippen LogP contribution is 2.39. The predicted octanol–water partition coefficient (Wildman–Crippen LogP) is 3.27. The van der Waals surface area contributed by atoms with Crippen LogP contribution in [-0.4, -0.2) is 45.4 Å². The van der Waals surface area contributed by atoms with Gasteiger partial charge in [0, 0.05) is 25.5 Å². The van der Waals surface area contributed by atoms with Crippen LogP contribution < -0.4 is 20.6 Å². The molecule has 7 heteroatoms. The summed E-state index contributed by atoms with van der Waals surface area (Å²) >= 11 is 1.51. The fourth-order valence-electron chi connectivity index (χ4n) is 4.25. The number of rotatable bonds is 6. The maximum Gasteiger partial charge on any atom is 0.270 e. The van der Waals surface area contributed by atoms with Crippen molar-refractivity contribution in [2.75, 3.05) is 25.0 Å². The number of hydrogen-bond acceptors (Lipinski definition) is 5. The minimum atomic E-state index is -2.54. The van der Waals surface area contributed by atoms with Gasteiger partial charge < -0.3 is 14.6 Å². The van der Waals surface area contributed by atoms with Crippen molar-refractivity contribution in [1.29, 1.82) is 0 Å². The van der Waals surface area contributed by atoms with Crippen LogP contribution in [0.3, 0.4) is 0 Å². The molecule has 0 saturated carbocycles. The van der Waals surface area contributed by atoms with Crippen molar-refractivity contribution < 1.29 is 9.22 Å². The average Bonchev–Trinajstić information content (AvgIpc) is 3.22. The minimum absolute atomic E-state index is 0.0380. The van der Waals surface area contributed by atoms with Crippen molar-refractivity contribution in [1.82, 2.24) is 10.3 Å². The van der Waals surface area contributed by atoms with Gasteiger partial charge in [-0.15, -0.1) is 11.3 Å². The molecule has 1 saturated heterocycles. The Balaban J connectivity index is 1.61. The van der Waals surface area contributed by atoms with E-state index >= 15 is 0 Å². The highest BCUT2D eigenvalue weighted by molar-refractivity contribution is 7.14. The summed E-state index contributed by atoms with van der Waals surface area (Å²) in [6.07, 6.45) is 0.124. The molecule has 1 amide bonds. The van der Waals surface area contributed by atoms with Gasteiger partial charge in [0.25, 0.3) is 14.2 Å². The molecule has 3 aromatic rings. The average molecular weight is 452 g/mol. The first-order valence-corrected chi connectivity index (χ1v) is 13.4. The smallest absolute Gasteiger partial charge is 0.270 e. The number of nitrogens with zero attached hydrogens (tertiary/aromatic N) is 2. The third-order valence-corrected chi connectivity index (χ3v) is 11.8. The molecule has 4 rings (SSSR count). The molecule has 1 fully saturated rings. The second-order valence-electron chi connectivity index (χ2n) is 8.90. The first kappa shape index (κ1) is 21.7. The van der Waals surface area contributed by atoms with E-state index in [2.05, 4.69) is 96.6 Å². The van der Waals surface area contributed by atoms with E-state index in [-0.39, 0.29) is 17.0 Å². The third-order valence-electron chi connectivity index (χ3n) is 5.83. The zero-order chi connectivity index (χ0) is 22.1. The highest BCUT2D eigenvalue weighted by atomic mass is 32.1. The van der Waals surface area contributed by atoms with Gasteiger partial charge in [-0.3, -0.25) is 4.79 Å². The highest BCUT2D eigenvalue weighted by Gasteiger charge is 2.52. The molecule has 0 radical (unpaired) electrons. The third kappa shape index (κ3) is 4.05. The van der Waals surface area contributed by atoms with Crippen molar-refractivity contribution in [2.24, 2.45) is 0 Å². The van der Waals surface area contributed by atoms with E-state index in [1.165, 1.54) is 21.7 Å². The first-order chi connectivity index (χ1) is 14.8. The van der Waals surface area contributed by atoms with Crippen LogP contribution in [0.15, 0.2) is 66.0 Å². The van der Waals surface area contributed by atoms with Gasteiger partial charge in [-0.05, 0) is 15.4 Å². The van der Waals surface area contributed by atoms with Crippen LogP contribution >= 0.6 is 11.3 Å². The Kier molecular flexibility index (Phi) is 6.01. The van der Waals surface area contributed by atoms with E-state index in [1.807, 2.05) is 5.38 Å². The van der Waals surface area contributed by atoms with Gasteiger partial charge in [-0.2, -0.15) is 0 Å². The summed E-state index contributed by atoms with van der Waals surface area (Å²) in [6.45, 7) is 8.46. The second kappa shape index (κ2) is 8.57. The van der Waals surface area contributed by atoms with Crippen LogP contribution in [0.1, 0.15) is 31.3 Å². The van der Waals surface area contributed by atoms with Gasteiger partial charge in [0.1, 0.15) is 5.69 Å². The predicted molar refractivity (Wildman–Crippen MR) is 130 cm³/mol. The van der Waals surface area contributed by atoms with Crippen molar-refractivity contribution in [2.45, 2.75) is 31.9 Å². The largest absolute Gasteiger partial charge is 0.401 e. The number of benzene rings is 2. The van der Waals surface area contributed by atoms with Gasteiger partial charge in [0.15, 0.2) is 5.13 Å². The fraction of sp³-hybridized carbons (Fsp3) is 0.333. The Labute approximate surface area is 189 Å². The van der Waals surface area contributed by atoms with Crippen molar-refractivity contribution in [3.8, 4) is 0 Å². The summed E-state index contributed by atoms with van der Waals surface area (Å²) in [5, 5.41) is 7.87. The Bertz CT molecular complexity index is 988. The van der Waals surface area contributed by atoms with Crippen LogP contribution in [0.5, 0.6) is 0 Å². The molecule has 0 unspecified atom stereocenters. The lowest BCUT2D eigenvalue weighted by Gasteiger charge is -2.49. The molecule has 0 atom stereocenters. The van der Waals surface area contributed by atoms with E-state index in [1.54, 1.807) is 7.05 Å². The van der Waals surface area contributed by atoms with Crippen LogP contribution in [0, 0.1) is 0 Å². The Morgan fingerprint density at radius 3 is 2.10 bits per heavy atom. The number of nitrogens with one attached hydrogen (secondary N) is 1. The number of carbonyl (C=O) groups excluding carboxylic acids is 1. The van der Waals surface area contributed by atoms with E-state index in [0.717, 1.165) is 18.2 Å². The number of amides is 1. The Hall–Kier alpha value is -2.48. The van der Waals surface area contributed by atoms with E-state index in [0.29, 0.717) is 5.69 Å². The number of carbonyl (C=O) groups is 1. The monoisotopic (exact) mass is 451 g/mol. The molecule has 0 bridgehead atoms. The molecular formula is C24H29N3O2SSi. The molecule has 1 aliphatic rings. The summed E-state index contributed by atoms with van der Waals surface area (Å²) < 4.78 is 7.13. The first-order valence-electron chi connectivity index (χ1n) is 10.6. The molecule has 5 nitrogen and oxygen atoms in total. The quantitative estimate of drug-likeness (QED) is 0.585. The van der Waals surface area contributed by atoms with Crippen molar-refractivity contribution in [3.05, 3.63) is 71.7 Å². The zero-order valence-corrected chi connectivity index (χ0v) is 20.3. The summed E-state index contributed by atoms with van der Waals surface area (Å²) in [7, 11) is -0.915. The van der Waals surface area contributed by atoms with E-state index in [9.17, 15) is 4.79 Å². The molecule has 2 heterocycles. The normalized spacial score (nSPS) is 14.9. The van der Waals surface area contributed by atoms with Gasteiger partial charge in [0.05, 0.1) is 6.10 Å².